The van der Waals surface area contributed by atoms with Crippen LogP contribution in [0.2, 0.25) is 0 Å². The number of hydrogen-bond acceptors (Lipinski definition) is 3. The molecule has 6 aliphatic rings. The largest absolute Gasteiger partial charge is 0.459 e. The van der Waals surface area contributed by atoms with Gasteiger partial charge in [0, 0.05) is 12.3 Å². The Morgan fingerprint density at radius 1 is 0.758 bits per heavy atom. The molecule has 0 aromatic heterocycles. The third-order valence-electron chi connectivity index (χ3n) is 13.5. The molecular weight excluding hydrogens is 408 g/mol. The molecule has 0 radical (unpaired) electrons. The smallest absolute Gasteiger partial charge is 0.306 e. The van der Waals surface area contributed by atoms with Crippen LogP contribution in [0.15, 0.2) is 0 Å². The number of carbonyl (C=O) groups is 1. The number of esters is 1. The molecule has 186 valence electrons. The summed E-state index contributed by atoms with van der Waals surface area (Å²) in [5.41, 5.74) is 1.32. The molecule has 3 heteroatoms. The minimum atomic E-state index is -0.349. The Kier molecular flexibility index (Phi) is 4.57. The van der Waals surface area contributed by atoms with Gasteiger partial charge in [0.05, 0.1) is 12.7 Å². The van der Waals surface area contributed by atoms with E-state index >= 15 is 0 Å². The molecule has 9 atom stereocenters. The first-order chi connectivity index (χ1) is 15.3. The Morgan fingerprint density at radius 2 is 1.48 bits per heavy atom. The van der Waals surface area contributed by atoms with Crippen molar-refractivity contribution in [2.75, 3.05) is 6.61 Å². The van der Waals surface area contributed by atoms with Crippen molar-refractivity contribution >= 4 is 5.97 Å². The molecule has 4 aliphatic carbocycles. The van der Waals surface area contributed by atoms with Crippen molar-refractivity contribution in [1.82, 2.24) is 0 Å². The molecule has 0 amide bonds. The van der Waals surface area contributed by atoms with Crippen molar-refractivity contribution in [1.29, 1.82) is 0 Å². The standard InChI is InChI=1S/C30H48O3/c1-25(2)14-16-30-17-15-28(6)19(23(30)24(25)32-18-30)8-9-21-27(5)12-11-22(31)33-26(3,4)20(27)10-13-29(21,28)7/h19-21,23-24H,8-18H2,1-7H3/t19-,20+,21-,23-,24-,27+,28-,29-,30-/m1/s1. The van der Waals surface area contributed by atoms with Crippen molar-refractivity contribution in [2.45, 2.75) is 124 Å². The van der Waals surface area contributed by atoms with Crippen LogP contribution in [0.1, 0.15) is 113 Å². The number of rotatable bonds is 0. The molecule has 0 spiro atoms. The number of ether oxygens (including phenoxy) is 2. The molecular formula is C30H48O3. The van der Waals surface area contributed by atoms with Crippen LogP contribution in [0.4, 0.5) is 0 Å². The summed E-state index contributed by atoms with van der Waals surface area (Å²) >= 11 is 0. The molecule has 0 aromatic rings. The molecule has 0 N–H and O–H groups in total. The average Bonchev–Trinajstić information content (AvgIpc) is 3.01. The van der Waals surface area contributed by atoms with Gasteiger partial charge in [-0.2, -0.15) is 0 Å². The van der Waals surface area contributed by atoms with E-state index in [9.17, 15) is 4.79 Å². The lowest BCUT2D eigenvalue weighted by atomic mass is 9.32. The van der Waals surface area contributed by atoms with Crippen LogP contribution in [0.3, 0.4) is 0 Å². The Hall–Kier alpha value is -0.570. The van der Waals surface area contributed by atoms with E-state index in [2.05, 4.69) is 48.5 Å². The fourth-order valence-corrected chi connectivity index (χ4v) is 11.6. The van der Waals surface area contributed by atoms with Gasteiger partial charge in [0.25, 0.3) is 0 Å². The normalized spacial score (nSPS) is 56.5. The summed E-state index contributed by atoms with van der Waals surface area (Å²) < 4.78 is 12.8. The summed E-state index contributed by atoms with van der Waals surface area (Å²) in [5, 5.41) is 0. The van der Waals surface area contributed by atoms with Gasteiger partial charge in [-0.25, -0.2) is 0 Å². The van der Waals surface area contributed by atoms with Crippen molar-refractivity contribution in [2.24, 2.45) is 50.7 Å². The summed E-state index contributed by atoms with van der Waals surface area (Å²) in [5.74, 6) is 2.71. The predicted octanol–water partition coefficient (Wildman–Crippen LogP) is 7.17. The van der Waals surface area contributed by atoms with Gasteiger partial charge in [-0.05, 0) is 116 Å². The van der Waals surface area contributed by atoms with E-state index in [4.69, 9.17) is 9.47 Å². The molecule has 2 bridgehead atoms. The van der Waals surface area contributed by atoms with Gasteiger partial charge >= 0.3 is 5.97 Å². The lowest BCUT2D eigenvalue weighted by Crippen LogP contribution is -2.66. The lowest BCUT2D eigenvalue weighted by Gasteiger charge is -2.72. The molecule has 33 heavy (non-hydrogen) atoms. The van der Waals surface area contributed by atoms with Crippen LogP contribution in [-0.2, 0) is 14.3 Å². The number of fused-ring (bicyclic) bond motifs is 5. The van der Waals surface area contributed by atoms with Gasteiger partial charge in [-0.3, -0.25) is 4.79 Å². The molecule has 2 saturated heterocycles. The van der Waals surface area contributed by atoms with E-state index in [1.54, 1.807) is 0 Å². The van der Waals surface area contributed by atoms with E-state index in [1.807, 2.05) is 0 Å². The number of hydrogen-bond donors (Lipinski definition) is 0. The van der Waals surface area contributed by atoms with Crippen LogP contribution in [0.25, 0.3) is 0 Å². The number of cyclic esters (lactones) is 1. The van der Waals surface area contributed by atoms with Crippen LogP contribution in [-0.4, -0.2) is 24.3 Å². The molecule has 6 fully saturated rings. The average molecular weight is 457 g/mol. The maximum Gasteiger partial charge on any atom is 0.306 e. The van der Waals surface area contributed by atoms with Crippen molar-refractivity contribution in [3.05, 3.63) is 0 Å². The first-order valence-corrected chi connectivity index (χ1v) is 14.1. The van der Waals surface area contributed by atoms with Gasteiger partial charge in [0.15, 0.2) is 0 Å². The highest BCUT2D eigenvalue weighted by Crippen LogP contribution is 2.77. The van der Waals surface area contributed by atoms with Crippen LogP contribution in [0, 0.1) is 50.7 Å². The Bertz CT molecular complexity index is 861. The highest BCUT2D eigenvalue weighted by atomic mass is 16.6. The van der Waals surface area contributed by atoms with E-state index < -0.39 is 0 Å². The monoisotopic (exact) mass is 456 g/mol. The van der Waals surface area contributed by atoms with Crippen LogP contribution in [0.5, 0.6) is 0 Å². The van der Waals surface area contributed by atoms with Crippen molar-refractivity contribution in [3.63, 3.8) is 0 Å². The first-order valence-electron chi connectivity index (χ1n) is 14.1. The zero-order valence-electron chi connectivity index (χ0n) is 22.4. The summed E-state index contributed by atoms with van der Waals surface area (Å²) in [4.78, 5) is 12.6. The SMILES string of the molecule is CC1(C)CC[C@]23CC[C@]4(C)[C@H](CC[C@@H]5[C@@]6(C)CCC(=O)OC(C)(C)[C@@H]6CC[C@]54C)[C@@H]2[C@H]1OC3. The first kappa shape index (κ1) is 22.9. The highest BCUT2D eigenvalue weighted by Gasteiger charge is 2.72. The van der Waals surface area contributed by atoms with Gasteiger partial charge in [0.2, 0.25) is 0 Å². The summed E-state index contributed by atoms with van der Waals surface area (Å²) in [6, 6.07) is 0. The minimum Gasteiger partial charge on any atom is -0.459 e. The third kappa shape index (κ3) is 2.70. The van der Waals surface area contributed by atoms with Gasteiger partial charge in [0.1, 0.15) is 5.60 Å². The fraction of sp³-hybridized carbons (Fsp3) is 0.967. The van der Waals surface area contributed by atoms with Crippen LogP contribution >= 0.6 is 0 Å². The predicted molar refractivity (Wildman–Crippen MR) is 131 cm³/mol. The second kappa shape index (κ2) is 6.60. The summed E-state index contributed by atoms with van der Waals surface area (Å²) in [6.45, 7) is 18.3. The van der Waals surface area contributed by atoms with E-state index in [1.165, 1.54) is 51.4 Å². The molecule has 3 nitrogen and oxygen atoms in total. The number of carbonyl (C=O) groups excluding carboxylic acids is 1. The Balaban J connectivity index is 1.40. The van der Waals surface area contributed by atoms with E-state index in [0.717, 1.165) is 24.9 Å². The van der Waals surface area contributed by atoms with E-state index in [0.29, 0.717) is 46.0 Å². The molecule has 6 rings (SSSR count). The molecule has 4 saturated carbocycles. The lowest BCUT2D eigenvalue weighted by molar-refractivity contribution is -0.239. The topological polar surface area (TPSA) is 35.5 Å². The quantitative estimate of drug-likeness (QED) is 0.362. The Morgan fingerprint density at radius 3 is 2.24 bits per heavy atom. The zero-order chi connectivity index (χ0) is 23.7. The zero-order valence-corrected chi connectivity index (χ0v) is 22.4. The maximum atomic E-state index is 12.6. The second-order valence-corrected chi connectivity index (χ2v) is 15.4. The summed E-state index contributed by atoms with van der Waals surface area (Å²) in [6.07, 6.45) is 12.7. The van der Waals surface area contributed by atoms with Crippen molar-refractivity contribution in [3.8, 4) is 0 Å². The molecule has 2 heterocycles. The maximum absolute atomic E-state index is 12.6. The van der Waals surface area contributed by atoms with Gasteiger partial charge in [-0.15, -0.1) is 0 Å². The Labute approximate surface area is 202 Å². The highest BCUT2D eigenvalue weighted by molar-refractivity contribution is 5.70. The van der Waals surface area contributed by atoms with Gasteiger partial charge < -0.3 is 9.47 Å². The molecule has 0 aromatic carbocycles. The third-order valence-corrected chi connectivity index (χ3v) is 13.5. The fourth-order valence-electron chi connectivity index (χ4n) is 11.6. The van der Waals surface area contributed by atoms with Gasteiger partial charge in [-0.1, -0.05) is 34.6 Å². The second-order valence-electron chi connectivity index (χ2n) is 15.4. The van der Waals surface area contributed by atoms with Crippen LogP contribution < -0.4 is 0 Å². The molecule has 0 unspecified atom stereocenters. The molecule has 2 aliphatic heterocycles. The van der Waals surface area contributed by atoms with Crippen molar-refractivity contribution < 1.29 is 14.3 Å². The van der Waals surface area contributed by atoms with E-state index in [-0.39, 0.29) is 17.0 Å². The minimum absolute atomic E-state index is 0.0231. The summed E-state index contributed by atoms with van der Waals surface area (Å²) in [7, 11) is 0.